The first kappa shape index (κ1) is 7.47. The molecule has 0 fully saturated rings. The summed E-state index contributed by atoms with van der Waals surface area (Å²) in [4.78, 5) is 14.5. The third-order valence-corrected chi connectivity index (χ3v) is 1.18. The zero-order valence-electron chi connectivity index (χ0n) is 5.90. The summed E-state index contributed by atoms with van der Waals surface area (Å²) in [6.07, 6.45) is 9.75. The molecule has 0 saturated heterocycles. The molecule has 0 aliphatic carbocycles. The zero-order valence-corrected chi connectivity index (χ0v) is 5.90. The number of nitrogens with two attached hydrogens (primary N) is 1. The minimum Gasteiger partial charge on any atom is -0.366 e. The van der Waals surface area contributed by atoms with Gasteiger partial charge in [-0.05, 0) is 24.3 Å². The van der Waals surface area contributed by atoms with Gasteiger partial charge in [-0.3, -0.25) is 9.79 Å². The van der Waals surface area contributed by atoms with E-state index in [0.717, 1.165) is 0 Å². The van der Waals surface area contributed by atoms with Crippen molar-refractivity contribution >= 4 is 12.1 Å². The molecule has 1 heterocycles. The molecule has 0 radical (unpaired) electrons. The molecule has 1 amide bonds. The summed E-state index contributed by atoms with van der Waals surface area (Å²) in [5.41, 5.74) is 5.53. The van der Waals surface area contributed by atoms with Gasteiger partial charge in [-0.1, -0.05) is 0 Å². The van der Waals surface area contributed by atoms with Gasteiger partial charge in [0, 0.05) is 18.0 Å². The van der Waals surface area contributed by atoms with Crippen molar-refractivity contribution in [3.8, 4) is 0 Å². The van der Waals surface area contributed by atoms with Gasteiger partial charge in [0.2, 0.25) is 5.91 Å². The van der Waals surface area contributed by atoms with Gasteiger partial charge in [-0.2, -0.15) is 0 Å². The van der Waals surface area contributed by atoms with Crippen molar-refractivity contribution in [3.63, 3.8) is 0 Å². The largest absolute Gasteiger partial charge is 0.366 e. The Morgan fingerprint density at radius 3 is 3.00 bits per heavy atom. The predicted octanol–water partition coefficient (Wildman–Crippen LogP) is 0.552. The van der Waals surface area contributed by atoms with Crippen molar-refractivity contribution in [1.82, 2.24) is 0 Å². The number of aliphatic imine (C=N–C) groups is 1. The van der Waals surface area contributed by atoms with E-state index in [-0.39, 0.29) is 0 Å². The molecule has 0 spiro atoms. The van der Waals surface area contributed by atoms with E-state index in [1.807, 2.05) is 0 Å². The second-order valence-corrected chi connectivity index (χ2v) is 1.99. The van der Waals surface area contributed by atoms with Crippen LogP contribution in [-0.4, -0.2) is 12.1 Å². The van der Waals surface area contributed by atoms with Crippen molar-refractivity contribution in [1.29, 1.82) is 0 Å². The Balaban J connectivity index is 2.87. The van der Waals surface area contributed by atoms with Crippen LogP contribution in [0.15, 0.2) is 41.1 Å². The van der Waals surface area contributed by atoms with Crippen molar-refractivity contribution in [2.75, 3.05) is 0 Å². The van der Waals surface area contributed by atoms with Crippen LogP contribution in [0.2, 0.25) is 0 Å². The summed E-state index contributed by atoms with van der Waals surface area (Å²) < 4.78 is 0. The first-order chi connectivity index (χ1) is 5.30. The zero-order chi connectivity index (χ0) is 8.10. The quantitative estimate of drug-likeness (QED) is 0.580. The van der Waals surface area contributed by atoms with Gasteiger partial charge in [0.1, 0.15) is 0 Å². The van der Waals surface area contributed by atoms with Gasteiger partial charge in [0.05, 0.1) is 0 Å². The molecule has 3 heteroatoms. The van der Waals surface area contributed by atoms with Crippen LogP contribution in [0, 0.1) is 0 Å². The van der Waals surface area contributed by atoms with Crippen molar-refractivity contribution < 1.29 is 4.79 Å². The summed E-state index contributed by atoms with van der Waals surface area (Å²) in [6, 6.07) is 0. The maximum absolute atomic E-state index is 10.6. The van der Waals surface area contributed by atoms with E-state index in [4.69, 9.17) is 5.73 Å². The molecule has 0 unspecified atom stereocenters. The Morgan fingerprint density at radius 1 is 1.45 bits per heavy atom. The lowest BCUT2D eigenvalue weighted by Crippen LogP contribution is -2.12. The Hall–Kier alpha value is -1.64. The predicted molar refractivity (Wildman–Crippen MR) is 44.0 cm³/mol. The average Bonchev–Trinajstić information content (AvgIpc) is 1.84. The lowest BCUT2D eigenvalue weighted by atomic mass is 10.2. The van der Waals surface area contributed by atoms with Crippen LogP contribution in [0.4, 0.5) is 0 Å². The fourth-order valence-electron chi connectivity index (χ4n) is 0.662. The number of hydrogen-bond acceptors (Lipinski definition) is 2. The average molecular weight is 148 g/mol. The van der Waals surface area contributed by atoms with Gasteiger partial charge < -0.3 is 5.73 Å². The van der Waals surface area contributed by atoms with Gasteiger partial charge in [0.25, 0.3) is 0 Å². The van der Waals surface area contributed by atoms with Gasteiger partial charge in [-0.25, -0.2) is 0 Å². The molecular weight excluding hydrogens is 140 g/mol. The normalized spacial score (nSPS) is 15.5. The fourth-order valence-corrected chi connectivity index (χ4v) is 0.662. The maximum atomic E-state index is 10.6. The van der Waals surface area contributed by atoms with E-state index >= 15 is 0 Å². The van der Waals surface area contributed by atoms with Crippen LogP contribution in [0.25, 0.3) is 0 Å². The number of primary amides is 1. The summed E-state index contributed by atoms with van der Waals surface area (Å²) in [7, 11) is 0. The van der Waals surface area contributed by atoms with Crippen LogP contribution < -0.4 is 5.73 Å². The van der Waals surface area contributed by atoms with Crippen molar-refractivity contribution in [2.45, 2.75) is 0 Å². The van der Waals surface area contributed by atoms with E-state index < -0.39 is 5.91 Å². The number of hydrogen-bond donors (Lipinski definition) is 1. The van der Waals surface area contributed by atoms with Crippen LogP contribution in [0.1, 0.15) is 0 Å². The molecule has 1 rings (SSSR count). The number of carbonyl (C=O) groups excluding carboxylic acids is 1. The van der Waals surface area contributed by atoms with Crippen LogP contribution in [0.3, 0.4) is 0 Å². The van der Waals surface area contributed by atoms with Crippen LogP contribution in [0.5, 0.6) is 0 Å². The SMILES string of the molecule is NC(=O)C1=CC=CN=CC=C1. The highest BCUT2D eigenvalue weighted by Crippen LogP contribution is 1.97. The number of carbonyl (C=O) groups is 1. The maximum Gasteiger partial charge on any atom is 0.248 e. The van der Waals surface area contributed by atoms with Crippen LogP contribution >= 0.6 is 0 Å². The summed E-state index contributed by atoms with van der Waals surface area (Å²) in [6.45, 7) is 0. The topological polar surface area (TPSA) is 55.5 Å². The lowest BCUT2D eigenvalue weighted by molar-refractivity contribution is -0.114. The minimum atomic E-state index is -0.429. The van der Waals surface area contributed by atoms with E-state index in [1.54, 1.807) is 36.7 Å². The molecule has 0 aromatic heterocycles. The molecular formula is C8H8N2O. The molecule has 3 nitrogen and oxygen atoms in total. The second kappa shape index (κ2) is 3.51. The second-order valence-electron chi connectivity index (χ2n) is 1.99. The first-order valence-electron chi connectivity index (χ1n) is 3.17. The minimum absolute atomic E-state index is 0.429. The van der Waals surface area contributed by atoms with E-state index in [0.29, 0.717) is 5.57 Å². The van der Waals surface area contributed by atoms with Crippen molar-refractivity contribution in [2.24, 2.45) is 10.7 Å². The molecule has 0 saturated carbocycles. The monoisotopic (exact) mass is 148 g/mol. The van der Waals surface area contributed by atoms with Gasteiger partial charge >= 0.3 is 0 Å². The molecule has 0 bridgehead atoms. The summed E-state index contributed by atoms with van der Waals surface area (Å²) in [5, 5.41) is 0. The number of nitrogens with zero attached hydrogens (tertiary/aromatic N) is 1. The number of amides is 1. The Bertz CT molecular complexity index is 272. The first-order valence-corrected chi connectivity index (χ1v) is 3.17. The van der Waals surface area contributed by atoms with Gasteiger partial charge in [-0.15, -0.1) is 0 Å². The van der Waals surface area contributed by atoms with Crippen LogP contribution in [-0.2, 0) is 4.79 Å². The lowest BCUT2D eigenvalue weighted by Gasteiger charge is -1.92. The highest BCUT2D eigenvalue weighted by Gasteiger charge is 1.97. The Labute approximate surface area is 64.6 Å². The molecule has 11 heavy (non-hydrogen) atoms. The van der Waals surface area contributed by atoms with E-state index in [2.05, 4.69) is 4.99 Å². The third kappa shape index (κ3) is 2.21. The molecule has 2 N–H and O–H groups in total. The van der Waals surface area contributed by atoms with Gasteiger partial charge in [0.15, 0.2) is 0 Å². The molecule has 1 aliphatic rings. The molecule has 1 aliphatic heterocycles. The number of allylic oxidation sites excluding steroid dienone is 3. The fraction of sp³-hybridized carbons (Fsp3) is 0. The highest BCUT2D eigenvalue weighted by atomic mass is 16.1. The molecule has 56 valence electrons. The standard InChI is InChI=1S/C8H8N2O/c9-8(11)7-3-1-5-10-6-2-4-7/h1-6H,(H2,9,11). The Kier molecular flexibility index (Phi) is 2.38. The smallest absolute Gasteiger partial charge is 0.248 e. The molecule has 0 atom stereocenters. The third-order valence-electron chi connectivity index (χ3n) is 1.18. The Morgan fingerprint density at radius 2 is 2.27 bits per heavy atom. The molecule has 0 aromatic rings. The van der Waals surface area contributed by atoms with E-state index in [1.165, 1.54) is 0 Å². The van der Waals surface area contributed by atoms with E-state index in [9.17, 15) is 4.79 Å². The van der Waals surface area contributed by atoms with Crippen molar-refractivity contribution in [3.05, 3.63) is 36.1 Å². The number of rotatable bonds is 1. The summed E-state index contributed by atoms with van der Waals surface area (Å²) >= 11 is 0. The highest BCUT2D eigenvalue weighted by molar-refractivity contribution is 5.96. The molecule has 0 aromatic carbocycles. The summed E-state index contributed by atoms with van der Waals surface area (Å²) in [5.74, 6) is -0.429.